The van der Waals surface area contributed by atoms with Crippen LogP contribution in [-0.2, 0) is 12.7 Å². The molecule has 2 aromatic heterocycles. The molecule has 0 aromatic carbocycles. The van der Waals surface area contributed by atoms with E-state index < -0.39 is 11.7 Å². The van der Waals surface area contributed by atoms with Gasteiger partial charge in [0.2, 0.25) is 0 Å². The Bertz CT molecular complexity index is 560. The molecule has 0 aliphatic rings. The van der Waals surface area contributed by atoms with Crippen molar-refractivity contribution in [1.29, 1.82) is 0 Å². The third-order valence-corrected chi connectivity index (χ3v) is 3.04. The molecule has 1 atom stereocenters. The summed E-state index contributed by atoms with van der Waals surface area (Å²) in [6.45, 7) is 2.70. The predicted molar refractivity (Wildman–Crippen MR) is 68.0 cm³/mol. The number of halogens is 3. The Morgan fingerprint density at radius 3 is 2.55 bits per heavy atom. The first-order valence-corrected chi connectivity index (χ1v) is 6.18. The van der Waals surface area contributed by atoms with Gasteiger partial charge in [-0.15, -0.1) is 0 Å². The minimum atomic E-state index is -4.37. The Hall–Kier alpha value is -1.89. The van der Waals surface area contributed by atoms with Crippen molar-refractivity contribution >= 4 is 0 Å². The molecule has 0 spiro atoms. The van der Waals surface area contributed by atoms with Gasteiger partial charge >= 0.3 is 6.18 Å². The number of hydrogen-bond donors (Lipinski definition) is 1. The number of imidazole rings is 1. The highest BCUT2D eigenvalue weighted by atomic mass is 19.4. The molecule has 2 rings (SSSR count). The van der Waals surface area contributed by atoms with Crippen molar-refractivity contribution in [2.75, 3.05) is 7.05 Å². The quantitative estimate of drug-likeness (QED) is 0.938. The summed E-state index contributed by atoms with van der Waals surface area (Å²) in [5.41, 5.74) is -0.253. The molecule has 0 aliphatic carbocycles. The van der Waals surface area contributed by atoms with Crippen molar-refractivity contribution in [2.45, 2.75) is 25.7 Å². The molecule has 2 aromatic rings. The topological polar surface area (TPSA) is 42.7 Å². The monoisotopic (exact) mass is 284 g/mol. The molecule has 0 radical (unpaired) electrons. The van der Waals surface area contributed by atoms with Crippen molar-refractivity contribution in [2.24, 2.45) is 0 Å². The molecule has 1 N–H and O–H groups in total. The van der Waals surface area contributed by atoms with Crippen LogP contribution >= 0.6 is 0 Å². The normalized spacial score (nSPS) is 13.4. The Balaban J connectivity index is 2.33. The standard InChI is InChI=1S/C13H15F3N4/c1-3-20-7-6-18-12(20)11(17-2)10-5-4-9(8-19-10)13(14,15)16/h4-8,11,17H,3H2,1-2H3. The Morgan fingerprint density at radius 2 is 2.05 bits per heavy atom. The molecule has 4 nitrogen and oxygen atoms in total. The lowest BCUT2D eigenvalue weighted by atomic mass is 10.1. The van der Waals surface area contributed by atoms with Gasteiger partial charge in [-0.05, 0) is 26.1 Å². The first-order chi connectivity index (χ1) is 9.47. The second-order valence-corrected chi connectivity index (χ2v) is 4.26. The average Bonchev–Trinajstić information content (AvgIpc) is 2.87. The van der Waals surface area contributed by atoms with Gasteiger partial charge in [-0.25, -0.2) is 4.98 Å². The second-order valence-electron chi connectivity index (χ2n) is 4.26. The molecule has 2 heterocycles. The SMILES string of the molecule is CCn1ccnc1C(NC)c1ccc(C(F)(F)F)cn1. The van der Waals surface area contributed by atoms with Gasteiger partial charge in [-0.1, -0.05) is 0 Å². The molecule has 1 unspecified atom stereocenters. The van der Waals surface area contributed by atoms with Gasteiger partial charge in [0, 0.05) is 25.1 Å². The average molecular weight is 284 g/mol. The van der Waals surface area contributed by atoms with Gasteiger partial charge in [0.25, 0.3) is 0 Å². The van der Waals surface area contributed by atoms with E-state index in [9.17, 15) is 13.2 Å². The summed E-state index contributed by atoms with van der Waals surface area (Å²) in [7, 11) is 1.72. The minimum Gasteiger partial charge on any atom is -0.334 e. The van der Waals surface area contributed by atoms with E-state index in [-0.39, 0.29) is 6.04 Å². The summed E-state index contributed by atoms with van der Waals surface area (Å²) >= 11 is 0. The van der Waals surface area contributed by atoms with Gasteiger partial charge in [-0.3, -0.25) is 4.98 Å². The molecule has 108 valence electrons. The highest BCUT2D eigenvalue weighted by Crippen LogP contribution is 2.29. The molecule has 7 heteroatoms. The van der Waals surface area contributed by atoms with Crippen molar-refractivity contribution in [3.63, 3.8) is 0 Å². The first-order valence-electron chi connectivity index (χ1n) is 6.18. The third kappa shape index (κ3) is 2.82. The number of alkyl halides is 3. The maximum Gasteiger partial charge on any atom is 0.417 e. The second kappa shape index (κ2) is 5.62. The zero-order chi connectivity index (χ0) is 14.8. The van der Waals surface area contributed by atoms with Crippen LogP contribution in [0.25, 0.3) is 0 Å². The maximum atomic E-state index is 12.5. The van der Waals surface area contributed by atoms with Crippen molar-refractivity contribution < 1.29 is 13.2 Å². The lowest BCUT2D eigenvalue weighted by Gasteiger charge is -2.17. The zero-order valence-corrected chi connectivity index (χ0v) is 11.1. The Labute approximate surface area is 114 Å². The number of aromatic nitrogens is 3. The van der Waals surface area contributed by atoms with Crippen LogP contribution in [0.2, 0.25) is 0 Å². The van der Waals surface area contributed by atoms with E-state index >= 15 is 0 Å². The fourth-order valence-corrected chi connectivity index (χ4v) is 2.00. The van der Waals surface area contributed by atoms with E-state index in [0.29, 0.717) is 5.69 Å². The lowest BCUT2D eigenvalue weighted by molar-refractivity contribution is -0.137. The zero-order valence-electron chi connectivity index (χ0n) is 11.1. The molecule has 0 aliphatic heterocycles. The van der Waals surface area contributed by atoms with Crippen molar-refractivity contribution in [3.8, 4) is 0 Å². The van der Waals surface area contributed by atoms with E-state index in [1.165, 1.54) is 6.07 Å². The molecular formula is C13H15F3N4. The van der Waals surface area contributed by atoms with Crippen LogP contribution in [0.3, 0.4) is 0 Å². The van der Waals surface area contributed by atoms with Gasteiger partial charge < -0.3 is 9.88 Å². The molecule has 0 bridgehead atoms. The van der Waals surface area contributed by atoms with Crippen LogP contribution in [0.5, 0.6) is 0 Å². The molecule has 20 heavy (non-hydrogen) atoms. The van der Waals surface area contributed by atoms with Crippen LogP contribution in [0.15, 0.2) is 30.7 Å². The summed E-state index contributed by atoms with van der Waals surface area (Å²) in [5.74, 6) is 0.724. The van der Waals surface area contributed by atoms with E-state index in [0.717, 1.165) is 24.6 Å². The Kier molecular flexibility index (Phi) is 4.08. The van der Waals surface area contributed by atoms with Crippen LogP contribution in [0, 0.1) is 0 Å². The van der Waals surface area contributed by atoms with Gasteiger partial charge in [0.05, 0.1) is 11.3 Å². The number of nitrogens with zero attached hydrogens (tertiary/aromatic N) is 3. The van der Waals surface area contributed by atoms with Gasteiger partial charge in [0.1, 0.15) is 11.9 Å². The largest absolute Gasteiger partial charge is 0.417 e. The first kappa shape index (κ1) is 14.5. The molecule has 0 fully saturated rings. The number of nitrogens with one attached hydrogen (secondary N) is 1. The van der Waals surface area contributed by atoms with E-state index in [2.05, 4.69) is 15.3 Å². The van der Waals surface area contributed by atoms with E-state index in [1.807, 2.05) is 17.7 Å². The minimum absolute atomic E-state index is 0.341. The highest BCUT2D eigenvalue weighted by molar-refractivity contribution is 5.23. The van der Waals surface area contributed by atoms with Gasteiger partial charge in [-0.2, -0.15) is 13.2 Å². The summed E-state index contributed by atoms with van der Waals surface area (Å²) in [4.78, 5) is 8.16. The summed E-state index contributed by atoms with van der Waals surface area (Å²) in [5, 5.41) is 3.03. The fourth-order valence-electron chi connectivity index (χ4n) is 2.00. The van der Waals surface area contributed by atoms with Gasteiger partial charge in [0.15, 0.2) is 0 Å². The van der Waals surface area contributed by atoms with Crippen LogP contribution in [-0.4, -0.2) is 21.6 Å². The summed E-state index contributed by atoms with van der Waals surface area (Å²) < 4.78 is 39.5. The summed E-state index contributed by atoms with van der Waals surface area (Å²) in [6, 6.07) is 2.07. The summed E-state index contributed by atoms with van der Waals surface area (Å²) in [6.07, 6.45) is -0.0432. The van der Waals surface area contributed by atoms with E-state index in [1.54, 1.807) is 13.2 Å². The van der Waals surface area contributed by atoms with Crippen molar-refractivity contribution in [1.82, 2.24) is 19.9 Å². The Morgan fingerprint density at radius 1 is 1.30 bits per heavy atom. The smallest absolute Gasteiger partial charge is 0.334 e. The molecule has 0 amide bonds. The number of rotatable bonds is 4. The van der Waals surface area contributed by atoms with E-state index in [4.69, 9.17) is 0 Å². The highest BCUT2D eigenvalue weighted by Gasteiger charge is 2.31. The van der Waals surface area contributed by atoms with Crippen LogP contribution in [0.1, 0.15) is 30.0 Å². The maximum absolute atomic E-state index is 12.5. The van der Waals surface area contributed by atoms with Crippen LogP contribution in [0.4, 0.5) is 13.2 Å². The lowest BCUT2D eigenvalue weighted by Crippen LogP contribution is -2.23. The predicted octanol–water partition coefficient (Wildman–Crippen LogP) is 2.63. The third-order valence-electron chi connectivity index (χ3n) is 3.04. The van der Waals surface area contributed by atoms with Crippen LogP contribution < -0.4 is 5.32 Å². The number of hydrogen-bond acceptors (Lipinski definition) is 3. The molecular weight excluding hydrogens is 269 g/mol. The fraction of sp³-hybridized carbons (Fsp3) is 0.385. The number of aryl methyl sites for hydroxylation is 1. The van der Waals surface area contributed by atoms with Crippen molar-refractivity contribution in [3.05, 3.63) is 47.8 Å². The number of pyridine rings is 1. The molecule has 0 saturated carbocycles. The molecule has 0 saturated heterocycles.